The number of pyridine rings is 1. The number of nitrogens with zero attached hydrogens (tertiary/aromatic N) is 1. The summed E-state index contributed by atoms with van der Waals surface area (Å²) < 4.78 is 4.46. The van der Waals surface area contributed by atoms with E-state index in [2.05, 4.69) is 20.4 Å². The first-order chi connectivity index (χ1) is 12.0. The van der Waals surface area contributed by atoms with E-state index in [4.69, 9.17) is 0 Å². The molecule has 1 saturated carbocycles. The van der Waals surface area contributed by atoms with E-state index in [0.717, 1.165) is 5.56 Å². The van der Waals surface area contributed by atoms with Gasteiger partial charge in [0.2, 0.25) is 11.8 Å². The minimum Gasteiger partial charge on any atom is -0.468 e. The van der Waals surface area contributed by atoms with E-state index in [1.165, 1.54) is 7.11 Å². The number of ether oxygens (including phenoxy) is 1. The zero-order valence-electron chi connectivity index (χ0n) is 14.1. The number of hydrogen-bond acceptors (Lipinski definition) is 6. The second kappa shape index (κ2) is 9.12. The van der Waals surface area contributed by atoms with Crippen LogP contribution in [0.4, 0.5) is 0 Å². The van der Waals surface area contributed by atoms with Gasteiger partial charge < -0.3 is 20.5 Å². The average molecular weight is 349 g/mol. The summed E-state index contributed by atoms with van der Waals surface area (Å²) in [5.41, 5.74) is 1.01. The van der Waals surface area contributed by atoms with Gasteiger partial charge in [-0.15, -0.1) is 0 Å². The van der Waals surface area contributed by atoms with Gasteiger partial charge in [0, 0.05) is 24.7 Å². The van der Waals surface area contributed by atoms with Crippen molar-refractivity contribution in [2.45, 2.75) is 37.8 Å². The van der Waals surface area contributed by atoms with Crippen LogP contribution in [-0.4, -0.2) is 53.7 Å². The fraction of sp³-hybridized carbons (Fsp3) is 0.529. The van der Waals surface area contributed by atoms with E-state index >= 15 is 0 Å². The molecule has 25 heavy (non-hydrogen) atoms. The van der Waals surface area contributed by atoms with Crippen molar-refractivity contribution in [2.75, 3.05) is 13.7 Å². The number of nitrogens with one attached hydrogen (secondary N) is 2. The Kier molecular flexibility index (Phi) is 6.88. The fourth-order valence-electron chi connectivity index (χ4n) is 2.85. The number of esters is 1. The molecular formula is C17H23N3O5. The molecule has 0 bridgehead atoms. The van der Waals surface area contributed by atoms with Crippen molar-refractivity contribution >= 4 is 17.8 Å². The van der Waals surface area contributed by atoms with Crippen LogP contribution in [0.5, 0.6) is 0 Å². The first-order valence-electron chi connectivity index (χ1n) is 8.20. The van der Waals surface area contributed by atoms with Gasteiger partial charge in [-0.1, -0.05) is 0 Å². The van der Waals surface area contributed by atoms with E-state index in [1.54, 1.807) is 12.4 Å². The number of aryl methyl sites for hydroxylation is 1. The van der Waals surface area contributed by atoms with Crippen LogP contribution in [-0.2, 0) is 25.5 Å². The number of aromatic nitrogens is 1. The van der Waals surface area contributed by atoms with Crippen LogP contribution in [0, 0.1) is 5.92 Å². The molecule has 8 nitrogen and oxygen atoms in total. The summed E-state index contributed by atoms with van der Waals surface area (Å²) in [5, 5.41) is 15.3. The Labute approximate surface area is 146 Å². The van der Waals surface area contributed by atoms with Crippen LogP contribution in [0.1, 0.15) is 24.8 Å². The van der Waals surface area contributed by atoms with Gasteiger partial charge in [-0.2, -0.15) is 0 Å². The minimum atomic E-state index is -0.779. The van der Waals surface area contributed by atoms with Crippen molar-refractivity contribution in [1.82, 2.24) is 15.6 Å². The standard InChI is InChI=1S/C17H23N3O5/c1-25-16(23)10-19-17(24)12-8-13(14(21)9-12)20-15(22)3-2-11-4-6-18-7-5-11/h4-7,12-14,21H,2-3,8-10H2,1H3,(H,19,24)(H,20,22)/t12-,13+,14+/m0/s1. The normalized spacial score (nSPS) is 22.2. The van der Waals surface area contributed by atoms with Crippen LogP contribution in [0.3, 0.4) is 0 Å². The maximum absolute atomic E-state index is 12.0. The third kappa shape index (κ3) is 5.82. The highest BCUT2D eigenvalue weighted by atomic mass is 16.5. The summed E-state index contributed by atoms with van der Waals surface area (Å²) in [6, 6.07) is 3.23. The summed E-state index contributed by atoms with van der Waals surface area (Å²) in [4.78, 5) is 39.0. The van der Waals surface area contributed by atoms with Crippen molar-refractivity contribution in [2.24, 2.45) is 5.92 Å². The molecule has 1 aromatic rings. The second-order valence-electron chi connectivity index (χ2n) is 6.06. The van der Waals surface area contributed by atoms with E-state index < -0.39 is 24.0 Å². The van der Waals surface area contributed by atoms with Gasteiger partial charge in [-0.25, -0.2) is 0 Å². The van der Waals surface area contributed by atoms with Gasteiger partial charge in [0.25, 0.3) is 0 Å². The second-order valence-corrected chi connectivity index (χ2v) is 6.06. The smallest absolute Gasteiger partial charge is 0.325 e. The largest absolute Gasteiger partial charge is 0.468 e. The van der Waals surface area contributed by atoms with Gasteiger partial charge >= 0.3 is 5.97 Å². The molecule has 3 atom stereocenters. The Morgan fingerprint density at radius 2 is 2.00 bits per heavy atom. The number of aliphatic hydroxyl groups is 1. The fourth-order valence-corrected chi connectivity index (χ4v) is 2.85. The molecule has 1 aliphatic rings. The topological polar surface area (TPSA) is 118 Å². The molecule has 0 spiro atoms. The molecule has 0 unspecified atom stereocenters. The molecule has 2 amide bonds. The number of methoxy groups -OCH3 is 1. The van der Waals surface area contributed by atoms with E-state index in [-0.39, 0.29) is 24.8 Å². The monoisotopic (exact) mass is 349 g/mol. The van der Waals surface area contributed by atoms with Gasteiger partial charge in [0.1, 0.15) is 6.54 Å². The molecule has 1 aliphatic carbocycles. The summed E-state index contributed by atoms with van der Waals surface area (Å²) >= 11 is 0. The average Bonchev–Trinajstić information content (AvgIpc) is 2.99. The van der Waals surface area contributed by atoms with Crippen molar-refractivity contribution in [3.8, 4) is 0 Å². The lowest BCUT2D eigenvalue weighted by atomic mass is 10.1. The highest BCUT2D eigenvalue weighted by Crippen LogP contribution is 2.26. The first kappa shape index (κ1) is 18.9. The maximum Gasteiger partial charge on any atom is 0.325 e. The summed E-state index contributed by atoms with van der Waals surface area (Å²) in [6.45, 7) is -0.203. The van der Waals surface area contributed by atoms with Crippen molar-refractivity contribution in [3.63, 3.8) is 0 Å². The third-order valence-electron chi connectivity index (χ3n) is 4.27. The van der Waals surface area contributed by atoms with E-state index in [1.807, 2.05) is 12.1 Å². The van der Waals surface area contributed by atoms with Crippen molar-refractivity contribution in [3.05, 3.63) is 30.1 Å². The Balaban J connectivity index is 1.76. The quantitative estimate of drug-likeness (QED) is 0.575. The molecule has 136 valence electrons. The highest BCUT2D eigenvalue weighted by Gasteiger charge is 2.37. The third-order valence-corrected chi connectivity index (χ3v) is 4.27. The minimum absolute atomic E-state index is 0.170. The highest BCUT2D eigenvalue weighted by molar-refractivity contribution is 5.84. The predicted molar refractivity (Wildman–Crippen MR) is 88.2 cm³/mol. The van der Waals surface area contributed by atoms with E-state index in [0.29, 0.717) is 19.3 Å². The molecule has 1 fully saturated rings. The van der Waals surface area contributed by atoms with Crippen LogP contribution in [0.15, 0.2) is 24.5 Å². The molecular weight excluding hydrogens is 326 g/mol. The lowest BCUT2D eigenvalue weighted by Crippen LogP contribution is -2.40. The summed E-state index contributed by atoms with van der Waals surface area (Å²) in [7, 11) is 1.24. The number of aliphatic hydroxyl groups excluding tert-OH is 1. The van der Waals surface area contributed by atoms with Crippen LogP contribution >= 0.6 is 0 Å². The van der Waals surface area contributed by atoms with Gasteiger partial charge in [0.05, 0.1) is 19.3 Å². The molecule has 8 heteroatoms. The van der Waals surface area contributed by atoms with Crippen LogP contribution in [0.2, 0.25) is 0 Å². The number of carbonyl (C=O) groups is 3. The van der Waals surface area contributed by atoms with Gasteiger partial charge in [-0.05, 0) is 37.0 Å². The van der Waals surface area contributed by atoms with Crippen molar-refractivity contribution in [1.29, 1.82) is 0 Å². The summed E-state index contributed by atoms with van der Waals surface area (Å²) in [5.74, 6) is -1.47. The molecule has 0 aliphatic heterocycles. The lowest BCUT2D eigenvalue weighted by Gasteiger charge is -2.16. The Bertz CT molecular complexity index is 608. The molecule has 1 aromatic heterocycles. The molecule has 0 radical (unpaired) electrons. The Morgan fingerprint density at radius 3 is 2.68 bits per heavy atom. The molecule has 2 rings (SSSR count). The Morgan fingerprint density at radius 1 is 1.28 bits per heavy atom. The van der Waals surface area contributed by atoms with Crippen LogP contribution < -0.4 is 10.6 Å². The molecule has 0 aromatic carbocycles. The first-order valence-corrected chi connectivity index (χ1v) is 8.20. The lowest BCUT2D eigenvalue weighted by molar-refractivity contribution is -0.141. The number of amides is 2. The zero-order valence-corrected chi connectivity index (χ0v) is 14.1. The maximum atomic E-state index is 12.0. The van der Waals surface area contributed by atoms with Crippen LogP contribution in [0.25, 0.3) is 0 Å². The Hall–Kier alpha value is -2.48. The molecule has 0 saturated heterocycles. The predicted octanol–water partition coefficient (Wildman–Crippen LogP) is -0.441. The van der Waals surface area contributed by atoms with E-state index in [9.17, 15) is 19.5 Å². The number of carbonyl (C=O) groups excluding carboxylic acids is 3. The van der Waals surface area contributed by atoms with Gasteiger partial charge in [0.15, 0.2) is 0 Å². The van der Waals surface area contributed by atoms with Crippen molar-refractivity contribution < 1.29 is 24.2 Å². The zero-order chi connectivity index (χ0) is 18.2. The van der Waals surface area contributed by atoms with Gasteiger partial charge in [-0.3, -0.25) is 19.4 Å². The summed E-state index contributed by atoms with van der Waals surface area (Å²) in [6.07, 6.45) is 4.04. The molecule has 1 heterocycles. The molecule has 3 N–H and O–H groups in total. The number of hydrogen-bond donors (Lipinski definition) is 3. The number of rotatable bonds is 7. The SMILES string of the molecule is COC(=O)CNC(=O)[C@@H]1C[C@@H](O)[C@H](NC(=O)CCc2ccncc2)C1.